The van der Waals surface area contributed by atoms with Crippen molar-refractivity contribution in [2.75, 3.05) is 38.2 Å². The molecular weight excluding hydrogens is 728 g/mol. The molecule has 8 rings (SSSR count). The van der Waals surface area contributed by atoms with Crippen molar-refractivity contribution in [2.45, 2.75) is 43.4 Å². The van der Waals surface area contributed by atoms with Crippen molar-refractivity contribution >= 4 is 58.8 Å². The van der Waals surface area contributed by atoms with Crippen LogP contribution in [0.2, 0.25) is 0 Å². The van der Waals surface area contributed by atoms with Crippen LogP contribution in [0.3, 0.4) is 0 Å². The number of β-lactam (4-membered cyclic amide) rings is 1. The first kappa shape index (κ1) is 36.6. The number of nitrogens with zero attached hydrogens (tertiary/aromatic N) is 3. The Balaban J connectivity index is 1.22. The summed E-state index contributed by atoms with van der Waals surface area (Å²) >= 11 is 0. The molecule has 4 heterocycles. The first-order valence-electron chi connectivity index (χ1n) is 17.7. The minimum absolute atomic E-state index is 0.0301. The molecule has 288 valence electrons. The molecule has 0 radical (unpaired) electrons. The van der Waals surface area contributed by atoms with Gasteiger partial charge in [0, 0.05) is 11.7 Å². The number of methoxy groups -OCH3 is 4. The summed E-state index contributed by atoms with van der Waals surface area (Å²) in [7, 11) is 4.94. The molecule has 56 heavy (non-hydrogen) atoms. The largest absolute Gasteiger partial charge is 0.497 e. The van der Waals surface area contributed by atoms with Crippen LogP contribution in [0.15, 0.2) is 66.7 Å². The van der Waals surface area contributed by atoms with Crippen LogP contribution < -0.4 is 19.9 Å². The fraction of sp³-hybridized carbons (Fsp3) is 0.350. The predicted molar refractivity (Wildman–Crippen MR) is 192 cm³/mol. The van der Waals surface area contributed by atoms with Crippen molar-refractivity contribution in [1.29, 1.82) is 0 Å². The maximum absolute atomic E-state index is 14.8. The van der Waals surface area contributed by atoms with Gasteiger partial charge in [0.05, 0.1) is 63.1 Å². The summed E-state index contributed by atoms with van der Waals surface area (Å²) in [5, 5.41) is 3.18. The second-order valence-electron chi connectivity index (χ2n) is 14.6. The Morgan fingerprint density at radius 3 is 1.82 bits per heavy atom. The van der Waals surface area contributed by atoms with Gasteiger partial charge in [0.25, 0.3) is 17.7 Å². The second kappa shape index (κ2) is 12.8. The van der Waals surface area contributed by atoms with Crippen LogP contribution in [0, 0.1) is 17.3 Å². The molecule has 5 aliphatic rings. The zero-order valence-corrected chi connectivity index (χ0v) is 30.9. The molecule has 0 spiro atoms. The van der Waals surface area contributed by atoms with Crippen LogP contribution in [0.1, 0.15) is 38.8 Å². The summed E-state index contributed by atoms with van der Waals surface area (Å²) in [6, 6.07) is 13.5. The van der Waals surface area contributed by atoms with Gasteiger partial charge in [0.2, 0.25) is 11.8 Å². The van der Waals surface area contributed by atoms with Crippen LogP contribution in [0.4, 0.5) is 11.4 Å². The van der Waals surface area contributed by atoms with Gasteiger partial charge in [-0.3, -0.25) is 48.6 Å². The van der Waals surface area contributed by atoms with Crippen molar-refractivity contribution in [3.05, 3.63) is 89.0 Å². The molecule has 0 aromatic heterocycles. The lowest BCUT2D eigenvalue weighted by molar-refractivity contribution is -0.168. The van der Waals surface area contributed by atoms with Gasteiger partial charge in [0.1, 0.15) is 17.3 Å². The topological polar surface area (TPSA) is 195 Å². The summed E-state index contributed by atoms with van der Waals surface area (Å²) in [6.45, 7) is 1.43. The van der Waals surface area contributed by atoms with Crippen molar-refractivity contribution < 1.29 is 57.3 Å². The van der Waals surface area contributed by atoms with E-state index in [2.05, 4.69) is 5.32 Å². The highest BCUT2D eigenvalue weighted by Crippen LogP contribution is 2.50. The monoisotopic (exact) mass is 764 g/mol. The lowest BCUT2D eigenvalue weighted by Gasteiger charge is -2.52. The van der Waals surface area contributed by atoms with Gasteiger partial charge >= 0.3 is 17.9 Å². The Labute approximate surface area is 319 Å². The number of imide groups is 2. The van der Waals surface area contributed by atoms with E-state index in [0.717, 1.165) is 31.1 Å². The van der Waals surface area contributed by atoms with Gasteiger partial charge in [-0.25, -0.2) is 4.90 Å². The number of rotatable bonds is 8. The maximum atomic E-state index is 14.8. The molecule has 6 atom stereocenters. The normalized spacial score (nSPS) is 27.1. The number of amides is 5. The van der Waals surface area contributed by atoms with Crippen LogP contribution in [-0.4, -0.2) is 104 Å². The number of ether oxygens (including phenoxy) is 4. The highest BCUT2D eigenvalue weighted by atomic mass is 16.5. The number of fused-ring (bicyclic) bond motifs is 3. The average molecular weight is 765 g/mol. The Morgan fingerprint density at radius 2 is 1.25 bits per heavy atom. The van der Waals surface area contributed by atoms with Gasteiger partial charge in [-0.2, -0.15) is 0 Å². The van der Waals surface area contributed by atoms with E-state index in [9.17, 15) is 38.4 Å². The van der Waals surface area contributed by atoms with E-state index in [1.807, 2.05) is 0 Å². The number of esters is 3. The van der Waals surface area contributed by atoms with E-state index in [1.165, 1.54) is 43.2 Å². The standard InChI is InChI=1S/C40H36N4O12/c1-39(36(50)54-3)27-26(33(47)43(34(27)48)22-11-10-19-17-40(37(51)55-4,38(52)56-5)18-20(19)16-22)28(41-39)29-30(35(49)42(29)21-12-14-23(53-2)15-13-21)44-31(45)24-8-6-7-9-25(24)32(44)46/h6-16,26-30,41H,17-18H2,1-5H3/t26-,27-,28+,29+,30-,39-/m1/s1. The van der Waals surface area contributed by atoms with Crippen LogP contribution in [0.5, 0.6) is 5.75 Å². The summed E-state index contributed by atoms with van der Waals surface area (Å²) in [4.78, 5) is 114. The second-order valence-corrected chi connectivity index (χ2v) is 14.6. The molecule has 0 unspecified atom stereocenters. The van der Waals surface area contributed by atoms with E-state index < -0.39 is 88.4 Å². The molecular formula is C40H36N4O12. The van der Waals surface area contributed by atoms with Gasteiger partial charge in [0.15, 0.2) is 5.41 Å². The molecule has 0 bridgehead atoms. The van der Waals surface area contributed by atoms with Gasteiger partial charge in [-0.15, -0.1) is 0 Å². The molecule has 1 N–H and O–H groups in total. The minimum atomic E-state index is -1.82. The molecule has 4 aliphatic heterocycles. The van der Waals surface area contributed by atoms with E-state index >= 15 is 0 Å². The molecule has 16 heteroatoms. The number of carbonyl (C=O) groups excluding carboxylic acids is 8. The third kappa shape index (κ3) is 4.80. The van der Waals surface area contributed by atoms with Crippen molar-refractivity contribution in [3.63, 3.8) is 0 Å². The van der Waals surface area contributed by atoms with Crippen LogP contribution in [0.25, 0.3) is 0 Å². The Kier molecular flexibility index (Phi) is 8.37. The summed E-state index contributed by atoms with van der Waals surface area (Å²) in [5.74, 6) is -8.09. The SMILES string of the molecule is COC(=O)C1(C(=O)OC)Cc2ccc(N3C(=O)[C@H]4[C@@H]([C@H]5[C@@H](N6C(=O)c7ccccc7C6=O)C(=O)N5c5ccc(OC)cc5)N[C@@](C)(C(=O)OC)[C@H]4C3=O)cc2C1. The van der Waals surface area contributed by atoms with E-state index in [4.69, 9.17) is 18.9 Å². The maximum Gasteiger partial charge on any atom is 0.326 e. The summed E-state index contributed by atoms with van der Waals surface area (Å²) in [6.07, 6.45) is -0.150. The van der Waals surface area contributed by atoms with Crippen molar-refractivity contribution in [1.82, 2.24) is 10.2 Å². The summed E-state index contributed by atoms with van der Waals surface area (Å²) in [5.41, 5.74) is -1.67. The summed E-state index contributed by atoms with van der Waals surface area (Å²) < 4.78 is 20.4. The number of benzene rings is 3. The van der Waals surface area contributed by atoms with E-state index in [0.29, 0.717) is 22.6 Å². The lowest BCUT2D eigenvalue weighted by atomic mass is 9.76. The lowest BCUT2D eigenvalue weighted by Crippen LogP contribution is -2.78. The molecule has 3 aromatic carbocycles. The fourth-order valence-electron chi connectivity index (χ4n) is 9.32. The molecule has 3 aromatic rings. The molecule has 5 amide bonds. The van der Waals surface area contributed by atoms with Gasteiger partial charge in [-0.05, 0) is 79.4 Å². The molecule has 1 aliphatic carbocycles. The average Bonchev–Trinajstić information content (AvgIpc) is 3.91. The fourth-order valence-corrected chi connectivity index (χ4v) is 9.32. The first-order chi connectivity index (χ1) is 26.8. The zero-order valence-electron chi connectivity index (χ0n) is 30.9. The number of anilines is 2. The number of nitrogens with one attached hydrogen (secondary N) is 1. The Bertz CT molecular complexity index is 2240. The van der Waals surface area contributed by atoms with Crippen molar-refractivity contribution in [3.8, 4) is 5.75 Å². The van der Waals surface area contributed by atoms with Gasteiger partial charge in [-0.1, -0.05) is 18.2 Å². The van der Waals surface area contributed by atoms with Crippen LogP contribution >= 0.6 is 0 Å². The first-order valence-corrected chi connectivity index (χ1v) is 17.7. The van der Waals surface area contributed by atoms with Crippen molar-refractivity contribution in [2.24, 2.45) is 17.3 Å². The molecule has 3 saturated heterocycles. The number of hydrogen-bond acceptors (Lipinski definition) is 13. The van der Waals surface area contributed by atoms with E-state index in [1.54, 1.807) is 42.5 Å². The highest BCUT2D eigenvalue weighted by Gasteiger charge is 2.72. The molecule has 0 saturated carbocycles. The quantitative estimate of drug-likeness (QED) is 0.113. The highest BCUT2D eigenvalue weighted by molar-refractivity contribution is 6.26. The third-order valence-corrected chi connectivity index (χ3v) is 12.0. The molecule has 3 fully saturated rings. The van der Waals surface area contributed by atoms with Gasteiger partial charge < -0.3 is 23.8 Å². The Hall–Kier alpha value is -6.42. The Morgan fingerprint density at radius 1 is 0.679 bits per heavy atom. The third-order valence-electron chi connectivity index (χ3n) is 12.0. The number of hydrogen-bond donors (Lipinski definition) is 1. The minimum Gasteiger partial charge on any atom is -0.497 e. The smallest absolute Gasteiger partial charge is 0.326 e. The van der Waals surface area contributed by atoms with Crippen LogP contribution in [-0.2, 0) is 55.8 Å². The predicted octanol–water partition coefficient (Wildman–Crippen LogP) is 1.22. The van der Waals surface area contributed by atoms with E-state index in [-0.39, 0.29) is 29.7 Å². The number of carbonyl (C=O) groups is 8. The molecule has 16 nitrogen and oxygen atoms in total. The zero-order chi connectivity index (χ0) is 40.0.